The average molecular weight is 409 g/mol. The fourth-order valence-electron chi connectivity index (χ4n) is 3.89. The van der Waals surface area contributed by atoms with E-state index in [1.807, 2.05) is 64.1 Å². The molecule has 0 saturated carbocycles. The second-order valence-electron chi connectivity index (χ2n) is 8.18. The zero-order valence-electron chi connectivity index (χ0n) is 18.4. The molecule has 0 radical (unpaired) electrons. The fourth-order valence-corrected chi connectivity index (χ4v) is 3.89. The molecule has 0 spiro atoms. The number of amides is 2. The van der Waals surface area contributed by atoms with Crippen molar-refractivity contribution in [1.29, 1.82) is 0 Å². The van der Waals surface area contributed by atoms with E-state index >= 15 is 0 Å². The number of benzene rings is 2. The summed E-state index contributed by atoms with van der Waals surface area (Å²) in [6, 6.07) is 12.0. The third-order valence-corrected chi connectivity index (χ3v) is 5.69. The van der Waals surface area contributed by atoms with Crippen LogP contribution in [-0.2, 0) is 9.59 Å². The Balaban J connectivity index is 1.44. The number of anilines is 2. The van der Waals surface area contributed by atoms with Gasteiger partial charge in [-0.05, 0) is 49.9 Å². The third kappa shape index (κ3) is 5.68. The Bertz CT molecular complexity index is 801. The number of aryl methyl sites for hydroxylation is 4. The van der Waals surface area contributed by atoms with Crippen molar-refractivity contribution in [2.45, 2.75) is 27.7 Å². The topological polar surface area (TPSA) is 64.7 Å². The summed E-state index contributed by atoms with van der Waals surface area (Å²) < 4.78 is 0. The van der Waals surface area contributed by atoms with E-state index < -0.39 is 0 Å². The first-order chi connectivity index (χ1) is 14.3. The molecule has 1 aliphatic rings. The largest absolute Gasteiger partial charge is 0.324 e. The van der Waals surface area contributed by atoms with Crippen molar-refractivity contribution in [3.05, 3.63) is 58.7 Å². The lowest BCUT2D eigenvalue weighted by Crippen LogP contribution is -2.50. The number of carbonyl (C=O) groups is 2. The van der Waals surface area contributed by atoms with Crippen LogP contribution in [0.4, 0.5) is 11.4 Å². The van der Waals surface area contributed by atoms with Gasteiger partial charge in [0.25, 0.3) is 0 Å². The predicted molar refractivity (Wildman–Crippen MR) is 122 cm³/mol. The molecule has 3 rings (SSSR count). The van der Waals surface area contributed by atoms with Crippen LogP contribution in [0.15, 0.2) is 36.4 Å². The summed E-state index contributed by atoms with van der Waals surface area (Å²) in [5.41, 5.74) is 6.10. The SMILES string of the molecule is Cc1cccc(C)c1NC(=O)CN1CCN(CC(=O)Nc2c(C)cccc2C)CC1. The van der Waals surface area contributed by atoms with Crippen LogP contribution < -0.4 is 10.6 Å². The second-order valence-corrected chi connectivity index (χ2v) is 8.18. The van der Waals surface area contributed by atoms with Gasteiger partial charge in [-0.15, -0.1) is 0 Å². The molecular weight excluding hydrogens is 376 g/mol. The Labute approximate surface area is 179 Å². The highest BCUT2D eigenvalue weighted by Crippen LogP contribution is 2.20. The lowest BCUT2D eigenvalue weighted by atomic mass is 10.1. The van der Waals surface area contributed by atoms with Crippen molar-refractivity contribution in [2.75, 3.05) is 49.9 Å². The zero-order valence-corrected chi connectivity index (χ0v) is 18.4. The Morgan fingerprint density at radius 1 is 0.667 bits per heavy atom. The zero-order chi connectivity index (χ0) is 21.7. The Morgan fingerprint density at radius 3 is 1.27 bits per heavy atom. The van der Waals surface area contributed by atoms with Gasteiger partial charge in [-0.3, -0.25) is 19.4 Å². The van der Waals surface area contributed by atoms with E-state index in [-0.39, 0.29) is 11.8 Å². The number of para-hydroxylation sites is 2. The molecule has 1 aliphatic heterocycles. The van der Waals surface area contributed by atoms with Crippen LogP contribution in [0.3, 0.4) is 0 Å². The summed E-state index contributed by atoms with van der Waals surface area (Å²) in [5, 5.41) is 6.10. The second kappa shape index (κ2) is 9.87. The van der Waals surface area contributed by atoms with Gasteiger partial charge >= 0.3 is 0 Å². The summed E-state index contributed by atoms with van der Waals surface area (Å²) in [4.78, 5) is 29.2. The van der Waals surface area contributed by atoms with Crippen molar-refractivity contribution >= 4 is 23.2 Å². The highest BCUT2D eigenvalue weighted by atomic mass is 16.2. The number of rotatable bonds is 6. The number of hydrogen-bond donors (Lipinski definition) is 2. The van der Waals surface area contributed by atoms with Crippen molar-refractivity contribution in [3.63, 3.8) is 0 Å². The summed E-state index contributed by atoms with van der Waals surface area (Å²) in [6.07, 6.45) is 0. The van der Waals surface area contributed by atoms with Gasteiger partial charge in [-0.25, -0.2) is 0 Å². The van der Waals surface area contributed by atoms with Crippen molar-refractivity contribution in [2.24, 2.45) is 0 Å². The van der Waals surface area contributed by atoms with E-state index in [1.54, 1.807) is 0 Å². The maximum atomic E-state index is 12.5. The summed E-state index contributed by atoms with van der Waals surface area (Å²) in [7, 11) is 0. The van der Waals surface area contributed by atoms with Gasteiger partial charge in [0.15, 0.2) is 0 Å². The Hall–Kier alpha value is -2.70. The molecule has 0 bridgehead atoms. The van der Waals surface area contributed by atoms with Gasteiger partial charge in [0.1, 0.15) is 0 Å². The molecule has 6 nitrogen and oxygen atoms in total. The predicted octanol–water partition coefficient (Wildman–Crippen LogP) is 3.12. The first kappa shape index (κ1) is 22.0. The van der Waals surface area contributed by atoms with E-state index in [9.17, 15) is 9.59 Å². The molecule has 2 aromatic carbocycles. The summed E-state index contributed by atoms with van der Waals surface area (Å²) in [5.74, 6) is 0.0160. The minimum atomic E-state index is 0.00798. The maximum Gasteiger partial charge on any atom is 0.238 e. The minimum Gasteiger partial charge on any atom is -0.324 e. The highest BCUT2D eigenvalue weighted by molar-refractivity contribution is 5.94. The van der Waals surface area contributed by atoms with Gasteiger partial charge in [0.05, 0.1) is 13.1 Å². The van der Waals surface area contributed by atoms with Gasteiger partial charge in [-0.2, -0.15) is 0 Å². The smallest absolute Gasteiger partial charge is 0.238 e. The van der Waals surface area contributed by atoms with E-state index in [4.69, 9.17) is 0 Å². The van der Waals surface area contributed by atoms with Gasteiger partial charge < -0.3 is 10.6 Å². The van der Waals surface area contributed by atoms with E-state index in [0.29, 0.717) is 13.1 Å². The standard InChI is InChI=1S/C24H32N4O2/c1-17-7-5-8-18(2)23(17)25-21(29)15-27-11-13-28(14-12-27)16-22(30)26-24-19(3)9-6-10-20(24)4/h5-10H,11-16H2,1-4H3,(H,25,29)(H,26,30). The van der Waals surface area contributed by atoms with Crippen molar-refractivity contribution in [3.8, 4) is 0 Å². The molecule has 0 aromatic heterocycles. The Kier molecular flexibility index (Phi) is 7.24. The quantitative estimate of drug-likeness (QED) is 0.771. The first-order valence-corrected chi connectivity index (χ1v) is 10.5. The lowest BCUT2D eigenvalue weighted by molar-refractivity contribution is -0.120. The fraction of sp³-hybridized carbons (Fsp3) is 0.417. The summed E-state index contributed by atoms with van der Waals surface area (Å²) >= 11 is 0. The summed E-state index contributed by atoms with van der Waals surface area (Å²) in [6.45, 7) is 11.9. The molecule has 2 N–H and O–H groups in total. The normalized spacial score (nSPS) is 15.1. The van der Waals surface area contributed by atoms with Crippen LogP contribution in [0.25, 0.3) is 0 Å². The third-order valence-electron chi connectivity index (χ3n) is 5.69. The van der Waals surface area contributed by atoms with Crippen LogP contribution in [-0.4, -0.2) is 60.9 Å². The van der Waals surface area contributed by atoms with Crippen molar-refractivity contribution < 1.29 is 9.59 Å². The molecule has 2 amide bonds. The Morgan fingerprint density at radius 2 is 0.967 bits per heavy atom. The van der Waals surface area contributed by atoms with Gasteiger partial charge in [0, 0.05) is 37.6 Å². The molecule has 0 unspecified atom stereocenters. The first-order valence-electron chi connectivity index (χ1n) is 10.5. The maximum absolute atomic E-state index is 12.5. The molecular formula is C24H32N4O2. The highest BCUT2D eigenvalue weighted by Gasteiger charge is 2.21. The van der Waals surface area contributed by atoms with Crippen LogP contribution >= 0.6 is 0 Å². The monoisotopic (exact) mass is 408 g/mol. The number of nitrogens with one attached hydrogen (secondary N) is 2. The van der Waals surface area contributed by atoms with E-state index in [1.165, 1.54) is 0 Å². The molecule has 1 fully saturated rings. The van der Waals surface area contributed by atoms with Gasteiger partial charge in [0.2, 0.25) is 11.8 Å². The van der Waals surface area contributed by atoms with Gasteiger partial charge in [-0.1, -0.05) is 36.4 Å². The van der Waals surface area contributed by atoms with Crippen LogP contribution in [0.1, 0.15) is 22.3 Å². The number of nitrogens with zero attached hydrogens (tertiary/aromatic N) is 2. The molecule has 6 heteroatoms. The lowest BCUT2D eigenvalue weighted by Gasteiger charge is -2.34. The van der Waals surface area contributed by atoms with Crippen molar-refractivity contribution in [1.82, 2.24) is 9.80 Å². The van der Waals surface area contributed by atoms with Crippen LogP contribution in [0.2, 0.25) is 0 Å². The minimum absolute atomic E-state index is 0.00798. The van der Waals surface area contributed by atoms with Crippen LogP contribution in [0, 0.1) is 27.7 Å². The molecule has 0 atom stereocenters. The van der Waals surface area contributed by atoms with E-state index in [2.05, 4.69) is 20.4 Å². The molecule has 160 valence electrons. The number of carbonyl (C=O) groups excluding carboxylic acids is 2. The number of hydrogen-bond acceptors (Lipinski definition) is 4. The molecule has 1 saturated heterocycles. The molecule has 1 heterocycles. The van der Waals surface area contributed by atoms with Crippen LogP contribution in [0.5, 0.6) is 0 Å². The van der Waals surface area contributed by atoms with E-state index in [0.717, 1.165) is 59.8 Å². The number of piperazine rings is 1. The molecule has 0 aliphatic carbocycles. The average Bonchev–Trinajstić information content (AvgIpc) is 2.69. The molecule has 30 heavy (non-hydrogen) atoms. The molecule has 2 aromatic rings.